The number of anilines is 1. The van der Waals surface area contributed by atoms with E-state index in [4.69, 9.17) is 0 Å². The van der Waals surface area contributed by atoms with Gasteiger partial charge in [-0.25, -0.2) is 4.98 Å². The molecule has 1 aromatic carbocycles. The van der Waals surface area contributed by atoms with Crippen LogP contribution in [0.5, 0.6) is 0 Å². The maximum atomic E-state index is 12.6. The Balaban J connectivity index is 1.59. The van der Waals surface area contributed by atoms with Gasteiger partial charge >= 0.3 is 0 Å². The van der Waals surface area contributed by atoms with Gasteiger partial charge in [0.05, 0.1) is 22.7 Å². The van der Waals surface area contributed by atoms with Crippen molar-refractivity contribution in [2.45, 2.75) is 44.6 Å². The minimum absolute atomic E-state index is 0.0669. The highest BCUT2D eigenvalue weighted by molar-refractivity contribution is 5.92. The smallest absolute Gasteiger partial charge is 0.227 e. The van der Waals surface area contributed by atoms with Crippen LogP contribution in [0.25, 0.3) is 11.0 Å². The molecule has 1 unspecified atom stereocenters. The fourth-order valence-electron chi connectivity index (χ4n) is 3.50. The Hall–Kier alpha value is -3.20. The molecular formula is C21H21N5O. The molecule has 1 aliphatic carbocycles. The maximum absolute atomic E-state index is 12.6. The second-order valence-corrected chi connectivity index (χ2v) is 7.15. The van der Waals surface area contributed by atoms with Crippen LogP contribution in [0.2, 0.25) is 0 Å². The van der Waals surface area contributed by atoms with Gasteiger partial charge in [0.1, 0.15) is 0 Å². The second-order valence-electron chi connectivity index (χ2n) is 7.15. The lowest BCUT2D eigenvalue weighted by molar-refractivity contribution is -0.116. The number of carbonyl (C=O) groups excluding carboxylic acids is 1. The average molecular weight is 359 g/mol. The van der Waals surface area contributed by atoms with Crippen molar-refractivity contribution in [2.75, 3.05) is 5.32 Å². The highest BCUT2D eigenvalue weighted by Crippen LogP contribution is 2.37. The summed E-state index contributed by atoms with van der Waals surface area (Å²) < 4.78 is 2.09. The number of aromatic nitrogens is 3. The summed E-state index contributed by atoms with van der Waals surface area (Å²) >= 11 is 0. The zero-order chi connectivity index (χ0) is 18.8. The Morgan fingerprint density at radius 3 is 2.93 bits per heavy atom. The molecule has 1 fully saturated rings. The van der Waals surface area contributed by atoms with Crippen LogP contribution >= 0.6 is 0 Å². The van der Waals surface area contributed by atoms with Crippen molar-refractivity contribution in [3.8, 4) is 6.07 Å². The third kappa shape index (κ3) is 3.41. The normalized spacial score (nSPS) is 15.1. The van der Waals surface area contributed by atoms with Gasteiger partial charge < -0.3 is 4.57 Å². The number of amides is 1. The van der Waals surface area contributed by atoms with Crippen molar-refractivity contribution in [1.82, 2.24) is 14.5 Å². The summed E-state index contributed by atoms with van der Waals surface area (Å²) in [6.45, 7) is 2.02. The molecule has 0 radical (unpaired) electrons. The van der Waals surface area contributed by atoms with E-state index in [0.717, 1.165) is 29.4 Å². The maximum Gasteiger partial charge on any atom is 0.227 e. The zero-order valence-electron chi connectivity index (χ0n) is 15.2. The van der Waals surface area contributed by atoms with Gasteiger partial charge in [-0.15, -0.1) is 0 Å². The van der Waals surface area contributed by atoms with E-state index < -0.39 is 0 Å². The van der Waals surface area contributed by atoms with Crippen molar-refractivity contribution < 1.29 is 4.79 Å². The lowest BCUT2D eigenvalue weighted by Gasteiger charge is -2.29. The predicted octanol–water partition coefficient (Wildman–Crippen LogP) is 4.16. The van der Waals surface area contributed by atoms with Crippen molar-refractivity contribution in [1.29, 1.82) is 5.26 Å². The number of hydrogen-bond acceptors (Lipinski definition) is 4. The molecule has 4 rings (SSSR count). The van der Waals surface area contributed by atoms with E-state index in [1.54, 1.807) is 18.5 Å². The van der Waals surface area contributed by atoms with Crippen LogP contribution in [0, 0.1) is 11.3 Å². The molecule has 0 bridgehead atoms. The number of nitrogens with one attached hydrogen (secondary N) is 1. The Kier molecular flexibility index (Phi) is 4.59. The fourth-order valence-corrected chi connectivity index (χ4v) is 3.50. The number of nitriles is 1. The van der Waals surface area contributed by atoms with Crippen molar-refractivity contribution in [2.24, 2.45) is 0 Å². The number of pyridine rings is 1. The summed E-state index contributed by atoms with van der Waals surface area (Å²) in [5.74, 6) is 0.585. The van der Waals surface area contributed by atoms with Gasteiger partial charge in [0.2, 0.25) is 11.9 Å². The van der Waals surface area contributed by atoms with E-state index >= 15 is 0 Å². The standard InChI is InChI=1S/C21H21N5O/c1-14(16-4-3-9-23-13-16)10-20(27)25-21-24-18-8-7-15(12-22)11-19(18)26(21)17-5-2-6-17/h3-4,7-9,11,13-14,17H,2,5-6,10H2,1H3,(H,24,25,27). The number of hydrogen-bond donors (Lipinski definition) is 1. The van der Waals surface area contributed by atoms with Gasteiger partial charge in [-0.2, -0.15) is 5.26 Å². The molecule has 1 amide bonds. The van der Waals surface area contributed by atoms with Crippen LogP contribution in [0.3, 0.4) is 0 Å². The summed E-state index contributed by atoms with van der Waals surface area (Å²) in [5.41, 5.74) is 3.36. The van der Waals surface area contributed by atoms with E-state index in [1.807, 2.05) is 31.2 Å². The molecule has 6 nitrogen and oxygen atoms in total. The monoisotopic (exact) mass is 359 g/mol. The molecule has 1 N–H and O–H groups in total. The van der Waals surface area contributed by atoms with Gasteiger partial charge in [-0.1, -0.05) is 13.0 Å². The van der Waals surface area contributed by atoms with Crippen LogP contribution in [0.4, 0.5) is 5.95 Å². The quantitative estimate of drug-likeness (QED) is 0.741. The van der Waals surface area contributed by atoms with E-state index in [-0.39, 0.29) is 11.8 Å². The SMILES string of the molecule is CC(CC(=O)Nc1nc2ccc(C#N)cc2n1C1CCC1)c1cccnc1. The number of nitrogens with zero attached hydrogens (tertiary/aromatic N) is 4. The molecule has 0 saturated heterocycles. The zero-order valence-corrected chi connectivity index (χ0v) is 15.2. The number of fused-ring (bicyclic) bond motifs is 1. The summed E-state index contributed by atoms with van der Waals surface area (Å²) in [6.07, 6.45) is 7.20. The van der Waals surface area contributed by atoms with Crippen LogP contribution in [-0.4, -0.2) is 20.4 Å². The predicted molar refractivity (Wildman–Crippen MR) is 103 cm³/mol. The molecular weight excluding hydrogens is 338 g/mol. The topological polar surface area (TPSA) is 83.6 Å². The summed E-state index contributed by atoms with van der Waals surface area (Å²) in [4.78, 5) is 21.4. The molecule has 3 aromatic rings. The highest BCUT2D eigenvalue weighted by atomic mass is 16.1. The van der Waals surface area contributed by atoms with Gasteiger partial charge in [-0.3, -0.25) is 15.1 Å². The van der Waals surface area contributed by atoms with E-state index in [9.17, 15) is 10.1 Å². The van der Waals surface area contributed by atoms with Crippen molar-refractivity contribution >= 4 is 22.9 Å². The third-order valence-corrected chi connectivity index (χ3v) is 5.25. The Bertz CT molecular complexity index is 1010. The molecule has 0 spiro atoms. The first kappa shape index (κ1) is 17.2. The van der Waals surface area contributed by atoms with Gasteiger partial charge in [0.15, 0.2) is 0 Å². The van der Waals surface area contributed by atoms with Gasteiger partial charge in [0.25, 0.3) is 0 Å². The second kappa shape index (κ2) is 7.20. The third-order valence-electron chi connectivity index (χ3n) is 5.25. The number of benzene rings is 1. The summed E-state index contributed by atoms with van der Waals surface area (Å²) in [5, 5.41) is 12.2. The molecule has 6 heteroatoms. The van der Waals surface area contributed by atoms with E-state index in [0.29, 0.717) is 24.0 Å². The van der Waals surface area contributed by atoms with E-state index in [1.165, 1.54) is 6.42 Å². The molecule has 1 aliphatic rings. The Labute approximate surface area is 157 Å². The summed E-state index contributed by atoms with van der Waals surface area (Å²) in [6, 6.07) is 11.8. The molecule has 2 aromatic heterocycles. The molecule has 136 valence electrons. The summed E-state index contributed by atoms with van der Waals surface area (Å²) in [7, 11) is 0. The largest absolute Gasteiger partial charge is 0.307 e. The lowest BCUT2D eigenvalue weighted by atomic mass is 9.92. The van der Waals surface area contributed by atoms with Crippen LogP contribution in [0.1, 0.15) is 55.7 Å². The molecule has 2 heterocycles. The first-order valence-corrected chi connectivity index (χ1v) is 9.27. The Morgan fingerprint density at radius 1 is 1.41 bits per heavy atom. The minimum Gasteiger partial charge on any atom is -0.307 e. The van der Waals surface area contributed by atoms with Gasteiger partial charge in [-0.05, 0) is 55.0 Å². The van der Waals surface area contributed by atoms with Crippen LogP contribution in [-0.2, 0) is 4.79 Å². The molecule has 0 aliphatic heterocycles. The highest BCUT2D eigenvalue weighted by Gasteiger charge is 2.26. The number of carbonyl (C=O) groups is 1. The first-order chi connectivity index (χ1) is 13.2. The fraction of sp³-hybridized carbons (Fsp3) is 0.333. The number of imidazole rings is 1. The van der Waals surface area contributed by atoms with E-state index in [2.05, 4.69) is 25.9 Å². The van der Waals surface area contributed by atoms with Crippen molar-refractivity contribution in [3.63, 3.8) is 0 Å². The average Bonchev–Trinajstić information content (AvgIpc) is 2.98. The van der Waals surface area contributed by atoms with Crippen LogP contribution in [0.15, 0.2) is 42.7 Å². The Morgan fingerprint density at radius 2 is 2.26 bits per heavy atom. The van der Waals surface area contributed by atoms with Crippen LogP contribution < -0.4 is 5.32 Å². The lowest BCUT2D eigenvalue weighted by Crippen LogP contribution is -2.22. The van der Waals surface area contributed by atoms with Gasteiger partial charge in [0, 0.05) is 24.9 Å². The number of rotatable bonds is 5. The molecule has 27 heavy (non-hydrogen) atoms. The molecule has 1 atom stereocenters. The first-order valence-electron chi connectivity index (χ1n) is 9.27. The van der Waals surface area contributed by atoms with Crippen molar-refractivity contribution in [3.05, 3.63) is 53.9 Å². The minimum atomic E-state index is -0.0669. The molecule has 1 saturated carbocycles.